The van der Waals surface area contributed by atoms with E-state index in [9.17, 15) is 4.79 Å². The molecule has 0 saturated carbocycles. The third-order valence-electron chi connectivity index (χ3n) is 3.68. The minimum absolute atomic E-state index is 0.0160. The van der Waals surface area contributed by atoms with Crippen LogP contribution in [0.1, 0.15) is 28.9 Å². The van der Waals surface area contributed by atoms with Gasteiger partial charge < -0.3 is 5.32 Å². The van der Waals surface area contributed by atoms with Gasteiger partial charge in [-0.3, -0.25) is 4.79 Å². The minimum Gasteiger partial charge on any atom is -0.345 e. The van der Waals surface area contributed by atoms with Crippen LogP contribution in [0.4, 0.5) is 0 Å². The van der Waals surface area contributed by atoms with E-state index < -0.39 is 0 Å². The molecule has 2 nitrogen and oxygen atoms in total. The topological polar surface area (TPSA) is 29.1 Å². The lowest BCUT2D eigenvalue weighted by Crippen LogP contribution is -2.26. The number of benzene rings is 3. The molecule has 21 heavy (non-hydrogen) atoms. The fraction of sp³-hybridized carbons (Fsp3) is 0.105. The van der Waals surface area contributed by atoms with Gasteiger partial charge in [0.25, 0.3) is 5.91 Å². The molecular formula is C19H17NO. The molecule has 0 spiro atoms. The maximum atomic E-state index is 12.5. The van der Waals surface area contributed by atoms with E-state index in [0.29, 0.717) is 0 Å². The third-order valence-corrected chi connectivity index (χ3v) is 3.68. The Morgan fingerprint density at radius 1 is 0.857 bits per heavy atom. The van der Waals surface area contributed by atoms with Crippen LogP contribution in [0.5, 0.6) is 0 Å². The number of rotatable bonds is 3. The summed E-state index contributed by atoms with van der Waals surface area (Å²) in [5, 5.41) is 5.13. The lowest BCUT2D eigenvalue weighted by molar-refractivity contribution is 0.0941. The Hall–Kier alpha value is -2.61. The highest BCUT2D eigenvalue weighted by Crippen LogP contribution is 2.19. The Kier molecular flexibility index (Phi) is 3.69. The van der Waals surface area contributed by atoms with Crippen LogP contribution in [-0.2, 0) is 0 Å². The molecule has 0 heterocycles. The zero-order valence-electron chi connectivity index (χ0n) is 11.9. The number of amides is 1. The average Bonchev–Trinajstić information content (AvgIpc) is 2.55. The maximum Gasteiger partial charge on any atom is 0.252 e. The van der Waals surface area contributed by atoms with Gasteiger partial charge in [-0.2, -0.15) is 0 Å². The van der Waals surface area contributed by atoms with Crippen LogP contribution < -0.4 is 5.32 Å². The van der Waals surface area contributed by atoms with E-state index in [0.717, 1.165) is 21.9 Å². The van der Waals surface area contributed by atoms with Gasteiger partial charge in [0.15, 0.2) is 0 Å². The summed E-state index contributed by atoms with van der Waals surface area (Å²) in [6, 6.07) is 23.7. The van der Waals surface area contributed by atoms with Gasteiger partial charge >= 0.3 is 0 Å². The monoisotopic (exact) mass is 275 g/mol. The number of carbonyl (C=O) groups is 1. The summed E-state index contributed by atoms with van der Waals surface area (Å²) in [7, 11) is 0. The molecule has 1 unspecified atom stereocenters. The van der Waals surface area contributed by atoms with Crippen LogP contribution in [0.2, 0.25) is 0 Å². The molecular weight excluding hydrogens is 258 g/mol. The van der Waals surface area contributed by atoms with Crippen LogP contribution in [0.3, 0.4) is 0 Å². The van der Waals surface area contributed by atoms with Gasteiger partial charge in [-0.25, -0.2) is 0 Å². The molecule has 0 aliphatic heterocycles. The van der Waals surface area contributed by atoms with E-state index in [2.05, 4.69) is 5.32 Å². The third kappa shape index (κ3) is 2.79. The van der Waals surface area contributed by atoms with Gasteiger partial charge in [-0.15, -0.1) is 0 Å². The molecule has 1 atom stereocenters. The Morgan fingerprint density at radius 2 is 1.52 bits per heavy atom. The van der Waals surface area contributed by atoms with Crippen molar-refractivity contribution in [1.82, 2.24) is 5.32 Å². The summed E-state index contributed by atoms with van der Waals surface area (Å²) in [5.41, 5.74) is 1.82. The standard InChI is InChI=1S/C19H17NO/c1-14(15-8-3-2-4-9-15)20-19(21)18-13-7-11-16-10-5-6-12-17(16)18/h2-14H,1H3,(H,20,21). The average molecular weight is 275 g/mol. The summed E-state index contributed by atoms with van der Waals surface area (Å²) >= 11 is 0. The van der Waals surface area contributed by atoms with Gasteiger partial charge in [0, 0.05) is 5.56 Å². The minimum atomic E-state index is -0.0387. The normalized spacial score (nSPS) is 12.0. The molecule has 0 aliphatic carbocycles. The van der Waals surface area contributed by atoms with Crippen molar-refractivity contribution < 1.29 is 4.79 Å². The quantitative estimate of drug-likeness (QED) is 0.757. The second kappa shape index (κ2) is 5.80. The fourth-order valence-electron chi connectivity index (χ4n) is 2.52. The first-order chi connectivity index (χ1) is 10.3. The molecule has 3 aromatic carbocycles. The van der Waals surface area contributed by atoms with E-state index >= 15 is 0 Å². The number of hydrogen-bond donors (Lipinski definition) is 1. The van der Waals surface area contributed by atoms with Gasteiger partial charge in [-0.05, 0) is 29.3 Å². The molecule has 2 heteroatoms. The first kappa shape index (κ1) is 13.4. The molecule has 0 saturated heterocycles. The van der Waals surface area contributed by atoms with Crippen molar-refractivity contribution in [3.63, 3.8) is 0 Å². The molecule has 1 amide bonds. The summed E-state index contributed by atoms with van der Waals surface area (Å²) < 4.78 is 0. The van der Waals surface area contributed by atoms with E-state index in [-0.39, 0.29) is 11.9 Å². The Labute approximate surface area is 124 Å². The van der Waals surface area contributed by atoms with Crippen LogP contribution in [0.15, 0.2) is 72.8 Å². The second-order valence-corrected chi connectivity index (χ2v) is 5.13. The SMILES string of the molecule is CC(NC(=O)c1cccc2ccccc12)c1ccccc1. The predicted octanol–water partition coefficient (Wildman–Crippen LogP) is 4.33. The Morgan fingerprint density at radius 3 is 2.33 bits per heavy atom. The number of hydrogen-bond acceptors (Lipinski definition) is 1. The zero-order valence-corrected chi connectivity index (χ0v) is 11.9. The first-order valence-corrected chi connectivity index (χ1v) is 7.09. The summed E-state index contributed by atoms with van der Waals surface area (Å²) in [6.45, 7) is 2.00. The molecule has 0 aliphatic rings. The molecule has 0 fully saturated rings. The Bertz CT molecular complexity index is 759. The van der Waals surface area contributed by atoms with Gasteiger partial charge in [0.05, 0.1) is 6.04 Å². The van der Waals surface area contributed by atoms with Gasteiger partial charge in [-0.1, -0.05) is 66.7 Å². The predicted molar refractivity (Wildman–Crippen MR) is 86.3 cm³/mol. The van der Waals surface area contributed by atoms with E-state index in [4.69, 9.17) is 0 Å². The van der Waals surface area contributed by atoms with Crippen molar-refractivity contribution in [3.05, 3.63) is 83.9 Å². The molecule has 1 N–H and O–H groups in total. The summed E-state index contributed by atoms with van der Waals surface area (Å²) in [6.07, 6.45) is 0. The van der Waals surface area contributed by atoms with E-state index in [1.54, 1.807) is 0 Å². The van der Waals surface area contributed by atoms with Crippen molar-refractivity contribution in [3.8, 4) is 0 Å². The van der Waals surface area contributed by atoms with E-state index in [1.807, 2.05) is 79.7 Å². The van der Waals surface area contributed by atoms with Crippen LogP contribution in [0, 0.1) is 0 Å². The number of carbonyl (C=O) groups excluding carboxylic acids is 1. The maximum absolute atomic E-state index is 12.5. The van der Waals surface area contributed by atoms with Crippen molar-refractivity contribution in [1.29, 1.82) is 0 Å². The van der Waals surface area contributed by atoms with Crippen molar-refractivity contribution >= 4 is 16.7 Å². The molecule has 3 rings (SSSR count). The lowest BCUT2D eigenvalue weighted by Gasteiger charge is -2.15. The Balaban J connectivity index is 1.88. The lowest BCUT2D eigenvalue weighted by atomic mass is 10.0. The summed E-state index contributed by atoms with van der Waals surface area (Å²) in [5.74, 6) is -0.0387. The second-order valence-electron chi connectivity index (χ2n) is 5.13. The largest absolute Gasteiger partial charge is 0.345 e. The molecule has 0 radical (unpaired) electrons. The fourth-order valence-corrected chi connectivity index (χ4v) is 2.52. The first-order valence-electron chi connectivity index (χ1n) is 7.09. The highest BCUT2D eigenvalue weighted by Gasteiger charge is 2.13. The van der Waals surface area contributed by atoms with E-state index in [1.165, 1.54) is 0 Å². The van der Waals surface area contributed by atoms with Crippen LogP contribution in [0.25, 0.3) is 10.8 Å². The van der Waals surface area contributed by atoms with Crippen molar-refractivity contribution in [2.45, 2.75) is 13.0 Å². The zero-order chi connectivity index (χ0) is 14.7. The van der Waals surface area contributed by atoms with Crippen molar-refractivity contribution in [2.24, 2.45) is 0 Å². The summed E-state index contributed by atoms with van der Waals surface area (Å²) in [4.78, 5) is 12.5. The highest BCUT2D eigenvalue weighted by atomic mass is 16.1. The van der Waals surface area contributed by atoms with Crippen LogP contribution in [-0.4, -0.2) is 5.91 Å². The van der Waals surface area contributed by atoms with Crippen molar-refractivity contribution in [2.75, 3.05) is 0 Å². The number of nitrogens with one attached hydrogen (secondary N) is 1. The number of fused-ring (bicyclic) bond motifs is 1. The van der Waals surface area contributed by atoms with Gasteiger partial charge in [0.2, 0.25) is 0 Å². The molecule has 0 aromatic heterocycles. The van der Waals surface area contributed by atoms with Crippen LogP contribution >= 0.6 is 0 Å². The highest BCUT2D eigenvalue weighted by molar-refractivity contribution is 6.07. The molecule has 3 aromatic rings. The smallest absolute Gasteiger partial charge is 0.252 e. The molecule has 0 bridgehead atoms. The molecule has 104 valence electrons. The van der Waals surface area contributed by atoms with Gasteiger partial charge in [0.1, 0.15) is 0 Å².